The van der Waals surface area contributed by atoms with Crippen LogP contribution in [0.15, 0.2) is 34.9 Å². The molecule has 0 fully saturated rings. The summed E-state index contributed by atoms with van der Waals surface area (Å²) in [6, 6.07) is 9.81. The van der Waals surface area contributed by atoms with Crippen molar-refractivity contribution in [1.29, 1.82) is 0 Å². The van der Waals surface area contributed by atoms with Gasteiger partial charge in [-0.15, -0.1) is 11.3 Å². The van der Waals surface area contributed by atoms with Gasteiger partial charge in [0.2, 0.25) is 0 Å². The molecular weight excluding hydrogens is 364 g/mol. The maximum atomic E-state index is 12.4. The average Bonchev–Trinajstić information content (AvgIpc) is 3.25. The summed E-state index contributed by atoms with van der Waals surface area (Å²) in [6.07, 6.45) is 1.54. The Morgan fingerprint density at radius 3 is 2.93 bits per heavy atom. The van der Waals surface area contributed by atoms with Gasteiger partial charge >= 0.3 is 6.03 Å². The van der Waals surface area contributed by atoms with Gasteiger partial charge in [0.1, 0.15) is 5.00 Å². The standard InChI is InChI=1S/C19H20N4O3S/c1-12-21-17(26-23-12)16-14-8-10-25-11-15(14)27-18(16)22-19(24)20-9-7-13-5-3-2-4-6-13/h2-6H,7-11H2,1H3,(H2,20,22,24). The predicted octanol–water partition coefficient (Wildman–Crippen LogP) is 3.54. The van der Waals surface area contributed by atoms with Crippen molar-refractivity contribution < 1.29 is 14.1 Å². The molecule has 0 atom stereocenters. The highest BCUT2D eigenvalue weighted by molar-refractivity contribution is 7.17. The van der Waals surface area contributed by atoms with Crippen LogP contribution in [0.4, 0.5) is 9.80 Å². The van der Waals surface area contributed by atoms with E-state index >= 15 is 0 Å². The second-order valence-corrected chi connectivity index (χ2v) is 7.38. The first-order valence-electron chi connectivity index (χ1n) is 8.82. The first-order chi connectivity index (χ1) is 13.2. The molecule has 3 aromatic rings. The fourth-order valence-electron chi connectivity index (χ4n) is 3.06. The number of anilines is 1. The van der Waals surface area contributed by atoms with Crippen molar-refractivity contribution in [3.05, 3.63) is 52.2 Å². The lowest BCUT2D eigenvalue weighted by molar-refractivity contribution is 0.113. The van der Waals surface area contributed by atoms with E-state index in [-0.39, 0.29) is 6.03 Å². The molecular formula is C19H20N4O3S. The molecule has 2 N–H and O–H groups in total. The molecule has 0 radical (unpaired) electrons. The van der Waals surface area contributed by atoms with Crippen molar-refractivity contribution in [2.75, 3.05) is 18.5 Å². The third-order valence-corrected chi connectivity index (χ3v) is 5.45. The van der Waals surface area contributed by atoms with Crippen molar-refractivity contribution in [2.24, 2.45) is 0 Å². The topological polar surface area (TPSA) is 89.3 Å². The molecule has 27 heavy (non-hydrogen) atoms. The lowest BCUT2D eigenvalue weighted by Gasteiger charge is -2.12. The number of amides is 2. The van der Waals surface area contributed by atoms with Crippen LogP contribution in [-0.4, -0.2) is 29.3 Å². The molecule has 1 aliphatic rings. The number of carbonyl (C=O) groups excluding carboxylic acids is 1. The monoisotopic (exact) mass is 384 g/mol. The zero-order chi connectivity index (χ0) is 18.6. The van der Waals surface area contributed by atoms with Crippen molar-refractivity contribution in [1.82, 2.24) is 15.5 Å². The van der Waals surface area contributed by atoms with Gasteiger partial charge < -0.3 is 14.6 Å². The molecule has 0 unspecified atom stereocenters. The van der Waals surface area contributed by atoms with Crippen LogP contribution in [0.3, 0.4) is 0 Å². The molecule has 4 rings (SSSR count). The van der Waals surface area contributed by atoms with E-state index in [0.29, 0.717) is 36.5 Å². The molecule has 0 saturated carbocycles. The molecule has 7 nitrogen and oxygen atoms in total. The van der Waals surface area contributed by atoms with Gasteiger partial charge in [0.25, 0.3) is 5.89 Å². The minimum atomic E-state index is -0.247. The Kier molecular flexibility index (Phi) is 5.17. The van der Waals surface area contributed by atoms with Crippen LogP contribution in [0.5, 0.6) is 0 Å². The summed E-state index contributed by atoms with van der Waals surface area (Å²) >= 11 is 1.50. The third kappa shape index (κ3) is 4.01. The van der Waals surface area contributed by atoms with Gasteiger partial charge in [-0.05, 0) is 30.9 Å². The van der Waals surface area contributed by atoms with E-state index in [1.165, 1.54) is 16.9 Å². The Hall–Kier alpha value is -2.71. The zero-order valence-electron chi connectivity index (χ0n) is 14.9. The van der Waals surface area contributed by atoms with Gasteiger partial charge in [-0.3, -0.25) is 5.32 Å². The molecule has 140 valence electrons. The fraction of sp³-hybridized carbons (Fsp3) is 0.316. The summed E-state index contributed by atoms with van der Waals surface area (Å²) in [5.74, 6) is 1.00. The fourth-order valence-corrected chi connectivity index (χ4v) is 4.23. The highest BCUT2D eigenvalue weighted by Gasteiger charge is 2.26. The van der Waals surface area contributed by atoms with Crippen LogP contribution in [0.1, 0.15) is 21.8 Å². The van der Waals surface area contributed by atoms with Gasteiger partial charge in [-0.25, -0.2) is 4.79 Å². The van der Waals surface area contributed by atoms with Crippen LogP contribution in [0.25, 0.3) is 11.5 Å². The number of aryl methyl sites for hydroxylation is 1. The number of ether oxygens (including phenoxy) is 1. The van der Waals surface area contributed by atoms with Gasteiger partial charge in [-0.1, -0.05) is 35.5 Å². The number of hydrogen-bond acceptors (Lipinski definition) is 6. The number of benzene rings is 1. The summed E-state index contributed by atoms with van der Waals surface area (Å²) in [7, 11) is 0. The van der Waals surface area contributed by atoms with Gasteiger partial charge in [0, 0.05) is 11.4 Å². The normalized spacial score (nSPS) is 13.2. The van der Waals surface area contributed by atoms with Crippen LogP contribution >= 0.6 is 11.3 Å². The summed E-state index contributed by atoms with van der Waals surface area (Å²) in [5.41, 5.74) is 3.12. The number of nitrogens with one attached hydrogen (secondary N) is 2. The number of hydrogen-bond donors (Lipinski definition) is 2. The molecule has 0 spiro atoms. The molecule has 2 aromatic heterocycles. The van der Waals surface area contributed by atoms with E-state index in [1.54, 1.807) is 6.92 Å². The van der Waals surface area contributed by atoms with Crippen LogP contribution < -0.4 is 10.6 Å². The average molecular weight is 384 g/mol. The van der Waals surface area contributed by atoms with E-state index in [9.17, 15) is 4.79 Å². The Morgan fingerprint density at radius 1 is 1.30 bits per heavy atom. The van der Waals surface area contributed by atoms with E-state index in [1.807, 2.05) is 30.3 Å². The summed E-state index contributed by atoms with van der Waals surface area (Å²) in [6.45, 7) is 3.52. The number of nitrogens with zero attached hydrogens (tertiary/aromatic N) is 2. The molecule has 0 saturated heterocycles. The molecule has 1 aliphatic heterocycles. The van der Waals surface area contributed by atoms with E-state index < -0.39 is 0 Å². The number of thiophene rings is 1. The number of rotatable bonds is 5. The summed E-state index contributed by atoms with van der Waals surface area (Å²) in [4.78, 5) is 17.8. The third-order valence-electron chi connectivity index (χ3n) is 4.33. The lowest BCUT2D eigenvalue weighted by Crippen LogP contribution is -2.30. The first-order valence-corrected chi connectivity index (χ1v) is 9.64. The first kappa shape index (κ1) is 17.7. The van der Waals surface area contributed by atoms with E-state index in [4.69, 9.17) is 9.26 Å². The Balaban J connectivity index is 1.48. The molecule has 3 heterocycles. The second-order valence-electron chi connectivity index (χ2n) is 6.27. The van der Waals surface area contributed by atoms with Gasteiger partial charge in [-0.2, -0.15) is 4.98 Å². The maximum Gasteiger partial charge on any atom is 0.319 e. The number of carbonyl (C=O) groups is 1. The van der Waals surface area contributed by atoms with Crippen LogP contribution in [-0.2, 0) is 24.2 Å². The van der Waals surface area contributed by atoms with Crippen LogP contribution in [0, 0.1) is 6.92 Å². The summed E-state index contributed by atoms with van der Waals surface area (Å²) < 4.78 is 10.9. The number of urea groups is 1. The molecule has 8 heteroatoms. The van der Waals surface area contributed by atoms with E-state index in [2.05, 4.69) is 20.8 Å². The largest absolute Gasteiger partial charge is 0.376 e. The highest BCUT2D eigenvalue weighted by atomic mass is 32.1. The lowest BCUT2D eigenvalue weighted by atomic mass is 10.1. The molecule has 1 aromatic carbocycles. The van der Waals surface area contributed by atoms with Crippen molar-refractivity contribution in [3.63, 3.8) is 0 Å². The SMILES string of the molecule is Cc1noc(-c2c(NC(=O)NCCc3ccccc3)sc3c2CCOC3)n1. The number of fused-ring (bicyclic) bond motifs is 1. The quantitative estimate of drug-likeness (QED) is 0.702. The highest BCUT2D eigenvalue weighted by Crippen LogP contribution is 2.42. The van der Waals surface area contributed by atoms with Crippen molar-refractivity contribution >= 4 is 22.4 Å². The van der Waals surface area contributed by atoms with Crippen LogP contribution in [0.2, 0.25) is 0 Å². The number of aromatic nitrogens is 2. The minimum absolute atomic E-state index is 0.247. The zero-order valence-corrected chi connectivity index (χ0v) is 15.8. The maximum absolute atomic E-state index is 12.4. The molecule has 2 amide bonds. The Bertz CT molecular complexity index is 936. The van der Waals surface area contributed by atoms with Gasteiger partial charge in [0.15, 0.2) is 5.82 Å². The molecule has 0 bridgehead atoms. The predicted molar refractivity (Wildman–Crippen MR) is 103 cm³/mol. The minimum Gasteiger partial charge on any atom is -0.376 e. The Morgan fingerprint density at radius 2 is 2.15 bits per heavy atom. The van der Waals surface area contributed by atoms with Gasteiger partial charge in [0.05, 0.1) is 18.8 Å². The van der Waals surface area contributed by atoms with Crippen molar-refractivity contribution in [2.45, 2.75) is 26.4 Å². The smallest absolute Gasteiger partial charge is 0.319 e. The summed E-state index contributed by atoms with van der Waals surface area (Å²) in [5, 5.41) is 10.4. The Labute approximate surface area is 160 Å². The molecule has 0 aliphatic carbocycles. The van der Waals surface area contributed by atoms with Crippen molar-refractivity contribution in [3.8, 4) is 11.5 Å². The van der Waals surface area contributed by atoms with E-state index in [0.717, 1.165) is 28.8 Å². The second kappa shape index (κ2) is 7.89.